The van der Waals surface area contributed by atoms with Crippen LogP contribution in [0.25, 0.3) is 11.0 Å². The van der Waals surface area contributed by atoms with Gasteiger partial charge in [-0.05, 0) is 58.4 Å². The average Bonchev–Trinajstić information content (AvgIpc) is 2.64. The first-order valence-corrected chi connectivity index (χ1v) is 6.80. The summed E-state index contributed by atoms with van der Waals surface area (Å²) in [5, 5.41) is 4.59. The highest BCUT2D eigenvalue weighted by molar-refractivity contribution is 5.83. The third-order valence-corrected chi connectivity index (χ3v) is 3.10. The van der Waals surface area contributed by atoms with Crippen molar-refractivity contribution < 1.29 is 9.15 Å². The molecule has 2 aromatic rings. The van der Waals surface area contributed by atoms with E-state index in [4.69, 9.17) is 9.15 Å². The van der Waals surface area contributed by atoms with Crippen LogP contribution in [0.4, 0.5) is 0 Å². The average molecular weight is 261 g/mol. The lowest BCUT2D eigenvalue weighted by Gasteiger charge is -2.19. The Bertz CT molecular complexity index is 564. The molecule has 0 atom stereocenters. The second-order valence-corrected chi connectivity index (χ2v) is 5.84. The Hall–Kier alpha value is -1.48. The monoisotopic (exact) mass is 261 g/mol. The molecule has 0 fully saturated rings. The third kappa shape index (κ3) is 3.29. The van der Waals surface area contributed by atoms with Crippen molar-refractivity contribution in [3.63, 3.8) is 0 Å². The van der Waals surface area contributed by atoms with Gasteiger partial charge in [-0.3, -0.25) is 0 Å². The topological polar surface area (TPSA) is 34.4 Å². The van der Waals surface area contributed by atoms with Gasteiger partial charge in [0.05, 0.1) is 13.2 Å². The minimum absolute atomic E-state index is 0.0852. The predicted octanol–water partition coefficient (Wildman–Crippen LogP) is 4.03. The maximum absolute atomic E-state index is 5.91. The van der Waals surface area contributed by atoms with Gasteiger partial charge in [-0.15, -0.1) is 0 Å². The van der Waals surface area contributed by atoms with E-state index in [9.17, 15) is 0 Å². The fraction of sp³-hybridized carbons (Fsp3) is 0.500. The van der Waals surface area contributed by atoms with Crippen LogP contribution in [0.2, 0.25) is 0 Å². The first-order valence-electron chi connectivity index (χ1n) is 6.80. The summed E-state index contributed by atoms with van der Waals surface area (Å²) >= 11 is 0. The molecule has 104 valence electrons. The van der Waals surface area contributed by atoms with Gasteiger partial charge in [-0.25, -0.2) is 0 Å². The molecule has 0 amide bonds. The van der Waals surface area contributed by atoms with Gasteiger partial charge in [0.15, 0.2) is 0 Å². The first-order chi connectivity index (χ1) is 8.90. The van der Waals surface area contributed by atoms with Crippen LogP contribution in [-0.4, -0.2) is 12.1 Å². The van der Waals surface area contributed by atoms with Crippen molar-refractivity contribution in [3.8, 4) is 5.75 Å². The van der Waals surface area contributed by atoms with Crippen LogP contribution in [0.3, 0.4) is 0 Å². The van der Waals surface area contributed by atoms with E-state index in [1.54, 1.807) is 0 Å². The third-order valence-electron chi connectivity index (χ3n) is 3.10. The Kier molecular flexibility index (Phi) is 3.85. The molecule has 0 saturated heterocycles. The molecule has 0 spiro atoms. The summed E-state index contributed by atoms with van der Waals surface area (Å²) in [5.74, 6) is 1.90. The zero-order chi connectivity index (χ0) is 14.0. The molecular formula is C16H23NO2. The highest BCUT2D eigenvalue weighted by Gasteiger charge is 2.14. The molecule has 1 N–H and O–H groups in total. The lowest BCUT2D eigenvalue weighted by molar-refractivity contribution is 0.340. The van der Waals surface area contributed by atoms with E-state index in [-0.39, 0.29) is 5.54 Å². The lowest BCUT2D eigenvalue weighted by Crippen LogP contribution is -2.35. The van der Waals surface area contributed by atoms with Crippen LogP contribution in [-0.2, 0) is 6.54 Å². The molecule has 0 unspecified atom stereocenters. The van der Waals surface area contributed by atoms with E-state index in [0.29, 0.717) is 6.61 Å². The van der Waals surface area contributed by atoms with Crippen molar-refractivity contribution in [2.45, 2.75) is 46.7 Å². The van der Waals surface area contributed by atoms with Gasteiger partial charge < -0.3 is 14.5 Å². The summed E-state index contributed by atoms with van der Waals surface area (Å²) in [6.07, 6.45) is 0. The minimum Gasteiger partial charge on any atom is -0.494 e. The van der Waals surface area contributed by atoms with E-state index < -0.39 is 0 Å². The smallest absolute Gasteiger partial charge is 0.134 e. The van der Waals surface area contributed by atoms with Crippen molar-refractivity contribution in [1.82, 2.24) is 5.32 Å². The molecular weight excluding hydrogens is 238 g/mol. The van der Waals surface area contributed by atoms with Crippen molar-refractivity contribution >= 4 is 11.0 Å². The van der Waals surface area contributed by atoms with Gasteiger partial charge >= 0.3 is 0 Å². The standard InChI is InChI=1S/C16H23NO2/c1-6-18-12-7-8-14-13(9-12)11(2)15(19-14)10-17-16(3,4)5/h7-9,17H,6,10H2,1-5H3. The summed E-state index contributed by atoms with van der Waals surface area (Å²) in [4.78, 5) is 0. The Morgan fingerprint density at radius 1 is 1.26 bits per heavy atom. The number of fused-ring (bicyclic) bond motifs is 1. The van der Waals surface area contributed by atoms with Crippen molar-refractivity contribution in [2.75, 3.05) is 6.61 Å². The van der Waals surface area contributed by atoms with E-state index in [1.165, 1.54) is 5.56 Å². The van der Waals surface area contributed by atoms with Gasteiger partial charge in [0.1, 0.15) is 17.1 Å². The molecule has 3 nitrogen and oxygen atoms in total. The Morgan fingerprint density at radius 3 is 2.63 bits per heavy atom. The van der Waals surface area contributed by atoms with Crippen LogP contribution in [0.5, 0.6) is 5.75 Å². The van der Waals surface area contributed by atoms with Gasteiger partial charge in [-0.2, -0.15) is 0 Å². The molecule has 19 heavy (non-hydrogen) atoms. The predicted molar refractivity (Wildman–Crippen MR) is 78.7 cm³/mol. The number of benzene rings is 1. The highest BCUT2D eigenvalue weighted by Crippen LogP contribution is 2.29. The Morgan fingerprint density at radius 2 is 2.00 bits per heavy atom. The van der Waals surface area contributed by atoms with E-state index in [2.05, 4.69) is 39.1 Å². The van der Waals surface area contributed by atoms with Crippen LogP contribution in [0.1, 0.15) is 39.0 Å². The molecule has 1 heterocycles. The van der Waals surface area contributed by atoms with E-state index in [1.807, 2.05) is 19.1 Å². The normalized spacial score (nSPS) is 12.1. The summed E-state index contributed by atoms with van der Waals surface area (Å²) in [5.41, 5.74) is 2.20. The number of furan rings is 1. The maximum atomic E-state index is 5.91. The number of ether oxygens (including phenoxy) is 1. The number of aryl methyl sites for hydroxylation is 1. The molecule has 0 aliphatic rings. The van der Waals surface area contributed by atoms with Crippen LogP contribution in [0, 0.1) is 6.92 Å². The molecule has 0 bridgehead atoms. The summed E-state index contributed by atoms with van der Waals surface area (Å²) in [7, 11) is 0. The summed E-state index contributed by atoms with van der Waals surface area (Å²) in [6, 6.07) is 5.99. The zero-order valence-electron chi connectivity index (χ0n) is 12.5. The Labute approximate surface area is 114 Å². The van der Waals surface area contributed by atoms with Crippen LogP contribution < -0.4 is 10.1 Å². The lowest BCUT2D eigenvalue weighted by atomic mass is 10.1. The molecule has 1 aromatic heterocycles. The molecule has 0 saturated carbocycles. The second kappa shape index (κ2) is 5.25. The van der Waals surface area contributed by atoms with Gasteiger partial charge in [-0.1, -0.05) is 0 Å². The SMILES string of the molecule is CCOc1ccc2oc(CNC(C)(C)C)c(C)c2c1. The van der Waals surface area contributed by atoms with Crippen molar-refractivity contribution in [1.29, 1.82) is 0 Å². The number of rotatable bonds is 4. The fourth-order valence-corrected chi connectivity index (χ4v) is 2.02. The maximum Gasteiger partial charge on any atom is 0.134 e. The van der Waals surface area contributed by atoms with Crippen LogP contribution >= 0.6 is 0 Å². The van der Waals surface area contributed by atoms with Crippen LogP contribution in [0.15, 0.2) is 22.6 Å². The molecule has 0 aliphatic carbocycles. The van der Waals surface area contributed by atoms with Crippen molar-refractivity contribution in [2.24, 2.45) is 0 Å². The summed E-state index contributed by atoms with van der Waals surface area (Å²) < 4.78 is 11.4. The zero-order valence-corrected chi connectivity index (χ0v) is 12.5. The first kappa shape index (κ1) is 13.9. The van der Waals surface area contributed by atoms with E-state index in [0.717, 1.165) is 29.0 Å². The quantitative estimate of drug-likeness (QED) is 0.902. The van der Waals surface area contributed by atoms with Gasteiger partial charge in [0.25, 0.3) is 0 Å². The largest absolute Gasteiger partial charge is 0.494 e. The number of nitrogens with one attached hydrogen (secondary N) is 1. The minimum atomic E-state index is 0.0852. The highest BCUT2D eigenvalue weighted by atomic mass is 16.5. The van der Waals surface area contributed by atoms with Crippen molar-refractivity contribution in [3.05, 3.63) is 29.5 Å². The number of hydrogen-bond donors (Lipinski definition) is 1. The summed E-state index contributed by atoms with van der Waals surface area (Å²) in [6.45, 7) is 12.0. The molecule has 1 aromatic carbocycles. The van der Waals surface area contributed by atoms with Gasteiger partial charge in [0.2, 0.25) is 0 Å². The Balaban J connectivity index is 2.29. The second-order valence-electron chi connectivity index (χ2n) is 5.84. The molecule has 3 heteroatoms. The van der Waals surface area contributed by atoms with Gasteiger partial charge in [0, 0.05) is 10.9 Å². The number of hydrogen-bond acceptors (Lipinski definition) is 3. The van der Waals surface area contributed by atoms with E-state index >= 15 is 0 Å². The molecule has 0 aliphatic heterocycles. The fourth-order valence-electron chi connectivity index (χ4n) is 2.02. The molecule has 2 rings (SSSR count). The molecule has 0 radical (unpaired) electrons.